The quantitative estimate of drug-likeness (QED) is 0.260. The summed E-state index contributed by atoms with van der Waals surface area (Å²) in [7, 11) is -2.90. The molecule has 0 spiro atoms. The third-order valence-electron chi connectivity index (χ3n) is 2.77. The lowest BCUT2D eigenvalue weighted by molar-refractivity contribution is 0.493. The summed E-state index contributed by atoms with van der Waals surface area (Å²) in [4.78, 5) is 4.13. The first-order valence-electron chi connectivity index (χ1n) is 6.95. The maximum atomic E-state index is 10.9. The Hall–Kier alpha value is -0.0500. The van der Waals surface area contributed by atoms with Crippen LogP contribution >= 0.6 is 24.0 Å². The number of hydrogen-bond acceptors (Lipinski definition) is 3. The molecule has 20 heavy (non-hydrogen) atoms. The Morgan fingerprint density at radius 3 is 2.30 bits per heavy atom. The van der Waals surface area contributed by atoms with E-state index in [4.69, 9.17) is 5.73 Å². The van der Waals surface area contributed by atoms with Crippen LogP contribution in [0.3, 0.4) is 0 Å². The van der Waals surface area contributed by atoms with Gasteiger partial charge in [0.2, 0.25) is 0 Å². The summed E-state index contributed by atoms with van der Waals surface area (Å²) in [5.41, 5.74) is 5.75. The first-order chi connectivity index (χ1) is 8.70. The molecular weight excluding hydrogens is 389 g/mol. The number of nitrogens with one attached hydrogen (secondary N) is 1. The van der Waals surface area contributed by atoms with Crippen molar-refractivity contribution in [3.63, 3.8) is 0 Å². The first-order valence-corrected chi connectivity index (χ1v) is 9.01. The molecule has 122 valence electrons. The van der Waals surface area contributed by atoms with Crippen molar-refractivity contribution in [2.75, 3.05) is 18.6 Å². The molecule has 7 heteroatoms. The van der Waals surface area contributed by atoms with Crippen molar-refractivity contribution >= 4 is 39.8 Å². The lowest BCUT2D eigenvalue weighted by Crippen LogP contribution is -2.38. The molecule has 0 aromatic carbocycles. The Morgan fingerprint density at radius 2 is 1.80 bits per heavy atom. The van der Waals surface area contributed by atoms with Crippen LogP contribution in [0.4, 0.5) is 0 Å². The van der Waals surface area contributed by atoms with Crippen molar-refractivity contribution in [3.8, 4) is 0 Å². The first kappa shape index (κ1) is 22.2. The highest BCUT2D eigenvalue weighted by Crippen LogP contribution is 2.07. The fourth-order valence-electron chi connectivity index (χ4n) is 1.73. The summed E-state index contributed by atoms with van der Waals surface area (Å²) < 4.78 is 21.9. The van der Waals surface area contributed by atoms with E-state index in [1.807, 2.05) is 0 Å². The molecule has 0 bridgehead atoms. The number of sulfone groups is 1. The lowest BCUT2D eigenvalue weighted by Gasteiger charge is -2.15. The minimum absolute atomic E-state index is 0. The van der Waals surface area contributed by atoms with Gasteiger partial charge in [0.15, 0.2) is 5.96 Å². The van der Waals surface area contributed by atoms with Crippen molar-refractivity contribution in [3.05, 3.63) is 0 Å². The third kappa shape index (κ3) is 16.0. The maximum absolute atomic E-state index is 10.9. The molecule has 0 aliphatic carbocycles. The van der Waals surface area contributed by atoms with Crippen LogP contribution in [0.1, 0.15) is 46.5 Å². The standard InChI is InChI=1S/C13H29N3O2S.HI/c1-11(2)7-5-8-12(3)16-13(14)15-9-6-10-19(4,17)18;/h11-12H,5-10H2,1-4H3,(H3,14,15,16);1H. The van der Waals surface area contributed by atoms with Gasteiger partial charge in [-0.15, -0.1) is 24.0 Å². The van der Waals surface area contributed by atoms with E-state index >= 15 is 0 Å². The summed E-state index contributed by atoms with van der Waals surface area (Å²) in [5.74, 6) is 1.30. The van der Waals surface area contributed by atoms with Crippen LogP contribution in [0.25, 0.3) is 0 Å². The molecule has 1 atom stereocenters. The van der Waals surface area contributed by atoms with Gasteiger partial charge in [0.25, 0.3) is 0 Å². The number of nitrogens with two attached hydrogens (primary N) is 1. The molecular formula is C13H30IN3O2S. The number of hydrogen-bond donors (Lipinski definition) is 2. The number of guanidine groups is 1. The van der Waals surface area contributed by atoms with Crippen LogP contribution in [-0.2, 0) is 9.84 Å². The highest BCUT2D eigenvalue weighted by Gasteiger charge is 2.04. The van der Waals surface area contributed by atoms with E-state index < -0.39 is 9.84 Å². The summed E-state index contributed by atoms with van der Waals surface area (Å²) in [6.07, 6.45) is 5.21. The number of aliphatic imine (C=N–C) groups is 1. The van der Waals surface area contributed by atoms with Crippen LogP contribution in [0, 0.1) is 5.92 Å². The molecule has 0 rings (SSSR count). The summed E-state index contributed by atoms with van der Waals surface area (Å²) >= 11 is 0. The summed E-state index contributed by atoms with van der Waals surface area (Å²) in [5, 5.41) is 3.13. The Kier molecular flexibility index (Phi) is 12.9. The summed E-state index contributed by atoms with van der Waals surface area (Å²) in [6, 6.07) is 0.303. The van der Waals surface area contributed by atoms with E-state index in [1.165, 1.54) is 19.1 Å². The van der Waals surface area contributed by atoms with Gasteiger partial charge < -0.3 is 11.1 Å². The topological polar surface area (TPSA) is 84.5 Å². The van der Waals surface area contributed by atoms with Crippen molar-refractivity contribution < 1.29 is 8.42 Å². The van der Waals surface area contributed by atoms with Crippen molar-refractivity contribution in [1.82, 2.24) is 5.32 Å². The van der Waals surface area contributed by atoms with Crippen LogP contribution in [-0.4, -0.2) is 39.0 Å². The van der Waals surface area contributed by atoms with Crippen LogP contribution in [0.5, 0.6) is 0 Å². The SMILES string of the molecule is CC(C)CCCC(C)NC(N)=NCCCS(C)(=O)=O.I. The normalized spacial score (nSPS) is 13.9. The Labute approximate surface area is 141 Å². The molecule has 1 unspecified atom stereocenters. The molecule has 3 N–H and O–H groups in total. The Morgan fingerprint density at radius 1 is 1.20 bits per heavy atom. The molecule has 0 aliphatic rings. The lowest BCUT2D eigenvalue weighted by atomic mass is 10.0. The second-order valence-corrected chi connectivity index (χ2v) is 7.88. The molecule has 0 aromatic rings. The van der Waals surface area contributed by atoms with E-state index in [2.05, 4.69) is 31.1 Å². The van der Waals surface area contributed by atoms with Crippen molar-refractivity contribution in [2.45, 2.75) is 52.5 Å². The fourth-order valence-corrected chi connectivity index (χ4v) is 2.38. The van der Waals surface area contributed by atoms with Gasteiger partial charge in [-0.2, -0.15) is 0 Å². The van der Waals surface area contributed by atoms with Crippen LogP contribution in [0.15, 0.2) is 4.99 Å². The van der Waals surface area contributed by atoms with Crippen LogP contribution < -0.4 is 11.1 Å². The van der Waals surface area contributed by atoms with E-state index in [0.29, 0.717) is 25.0 Å². The van der Waals surface area contributed by atoms with Gasteiger partial charge in [-0.25, -0.2) is 8.42 Å². The minimum Gasteiger partial charge on any atom is -0.370 e. The molecule has 0 amide bonds. The van der Waals surface area contributed by atoms with E-state index in [1.54, 1.807) is 0 Å². The smallest absolute Gasteiger partial charge is 0.188 e. The molecule has 5 nitrogen and oxygen atoms in total. The molecule has 0 fully saturated rings. The molecule has 0 aliphatic heterocycles. The zero-order valence-electron chi connectivity index (χ0n) is 13.1. The summed E-state index contributed by atoms with van der Waals surface area (Å²) in [6.45, 7) is 6.97. The average molecular weight is 419 g/mol. The van der Waals surface area contributed by atoms with E-state index in [0.717, 1.165) is 12.3 Å². The van der Waals surface area contributed by atoms with E-state index in [9.17, 15) is 8.42 Å². The molecule has 0 radical (unpaired) electrons. The van der Waals surface area contributed by atoms with Gasteiger partial charge in [-0.05, 0) is 25.7 Å². The zero-order chi connectivity index (χ0) is 14.9. The van der Waals surface area contributed by atoms with Gasteiger partial charge >= 0.3 is 0 Å². The predicted octanol–water partition coefficient (Wildman–Crippen LogP) is 2.16. The van der Waals surface area contributed by atoms with Gasteiger partial charge in [-0.3, -0.25) is 4.99 Å². The highest BCUT2D eigenvalue weighted by atomic mass is 127. The average Bonchev–Trinajstić information content (AvgIpc) is 2.22. The number of nitrogens with zero attached hydrogens (tertiary/aromatic N) is 1. The maximum Gasteiger partial charge on any atom is 0.188 e. The Balaban J connectivity index is 0. The molecule has 0 aromatic heterocycles. The highest BCUT2D eigenvalue weighted by molar-refractivity contribution is 14.0. The number of rotatable bonds is 9. The second kappa shape index (κ2) is 11.6. The number of halogens is 1. The van der Waals surface area contributed by atoms with Crippen LogP contribution in [0.2, 0.25) is 0 Å². The minimum atomic E-state index is -2.90. The third-order valence-corrected chi connectivity index (χ3v) is 3.80. The van der Waals surface area contributed by atoms with Gasteiger partial charge in [0.05, 0.1) is 5.75 Å². The molecule has 0 saturated heterocycles. The van der Waals surface area contributed by atoms with Gasteiger partial charge in [-0.1, -0.05) is 26.7 Å². The second-order valence-electron chi connectivity index (χ2n) is 5.62. The van der Waals surface area contributed by atoms with Crippen molar-refractivity contribution in [2.24, 2.45) is 16.6 Å². The molecule has 0 heterocycles. The zero-order valence-corrected chi connectivity index (χ0v) is 16.2. The van der Waals surface area contributed by atoms with E-state index in [-0.39, 0.29) is 29.7 Å². The fraction of sp³-hybridized carbons (Fsp3) is 0.923. The largest absolute Gasteiger partial charge is 0.370 e. The monoisotopic (exact) mass is 419 g/mol. The predicted molar refractivity (Wildman–Crippen MR) is 97.5 cm³/mol. The van der Waals surface area contributed by atoms with Gasteiger partial charge in [0.1, 0.15) is 9.84 Å². The molecule has 0 saturated carbocycles. The Bertz CT molecular complexity index is 370. The van der Waals surface area contributed by atoms with Crippen molar-refractivity contribution in [1.29, 1.82) is 0 Å². The van der Waals surface area contributed by atoms with Gasteiger partial charge in [0, 0.05) is 18.8 Å².